The fourth-order valence-corrected chi connectivity index (χ4v) is 5.39. The van der Waals surface area contributed by atoms with Crippen molar-refractivity contribution in [3.05, 3.63) is 94.8 Å². The Kier molecular flexibility index (Phi) is 9.58. The molecule has 5 atom stereocenters. The van der Waals surface area contributed by atoms with Crippen LogP contribution in [0.4, 0.5) is 5.69 Å². The van der Waals surface area contributed by atoms with Gasteiger partial charge in [0, 0.05) is 42.0 Å². The number of nitrogens with zero attached hydrogens (tertiary/aromatic N) is 1. The van der Waals surface area contributed by atoms with Crippen LogP contribution in [0.15, 0.2) is 78.0 Å². The molecule has 1 aliphatic rings. The molecular formula is C29H32N2O7S. The Morgan fingerprint density at radius 3 is 2.56 bits per heavy atom. The molecule has 4 rings (SSSR count). The SMILES string of the molecule is CC(=O)O[C@@H](C)C(=O)Nc1cccc(C2O[C@H](CSc3cccc[n+]3[O-])[C@H](C)[C@H](c3ccc(CO)cc3)O2)c1. The highest BCUT2D eigenvalue weighted by Gasteiger charge is 2.38. The first kappa shape index (κ1) is 28.6. The molecule has 2 heterocycles. The van der Waals surface area contributed by atoms with E-state index in [1.165, 1.54) is 31.8 Å². The van der Waals surface area contributed by atoms with Crippen molar-refractivity contribution in [2.45, 2.75) is 57.0 Å². The molecule has 2 aromatic carbocycles. The summed E-state index contributed by atoms with van der Waals surface area (Å²) >= 11 is 1.42. The van der Waals surface area contributed by atoms with Crippen molar-refractivity contribution in [3.8, 4) is 0 Å². The van der Waals surface area contributed by atoms with Crippen molar-refractivity contribution in [3.63, 3.8) is 0 Å². The number of benzene rings is 2. The lowest BCUT2D eigenvalue weighted by Crippen LogP contribution is -2.39. The molecule has 0 radical (unpaired) electrons. The number of nitrogens with one attached hydrogen (secondary N) is 1. The van der Waals surface area contributed by atoms with Crippen LogP contribution in [0.3, 0.4) is 0 Å². The number of aromatic nitrogens is 1. The number of amides is 1. The van der Waals surface area contributed by atoms with E-state index < -0.39 is 24.3 Å². The summed E-state index contributed by atoms with van der Waals surface area (Å²) in [6.45, 7) is 4.76. The minimum Gasteiger partial charge on any atom is -0.618 e. The molecule has 1 saturated heterocycles. The average Bonchev–Trinajstić information content (AvgIpc) is 2.93. The van der Waals surface area contributed by atoms with Gasteiger partial charge in [-0.1, -0.05) is 55.1 Å². The molecule has 1 amide bonds. The number of rotatable bonds is 9. The minimum absolute atomic E-state index is 0.0484. The predicted octanol–water partition coefficient (Wildman–Crippen LogP) is 4.29. The van der Waals surface area contributed by atoms with Crippen LogP contribution in [-0.2, 0) is 30.4 Å². The molecular weight excluding hydrogens is 520 g/mol. The zero-order chi connectivity index (χ0) is 27.9. The van der Waals surface area contributed by atoms with Crippen LogP contribution in [0, 0.1) is 11.1 Å². The zero-order valence-electron chi connectivity index (χ0n) is 22.0. The van der Waals surface area contributed by atoms with Gasteiger partial charge in [-0.3, -0.25) is 9.59 Å². The number of aliphatic hydroxyl groups excluding tert-OH is 1. The van der Waals surface area contributed by atoms with Crippen molar-refractivity contribution < 1.29 is 33.6 Å². The van der Waals surface area contributed by atoms with E-state index in [9.17, 15) is 19.9 Å². The van der Waals surface area contributed by atoms with E-state index in [-0.39, 0.29) is 24.7 Å². The van der Waals surface area contributed by atoms with Gasteiger partial charge < -0.3 is 29.8 Å². The first-order valence-corrected chi connectivity index (χ1v) is 13.6. The van der Waals surface area contributed by atoms with Crippen LogP contribution in [0.25, 0.3) is 0 Å². The summed E-state index contributed by atoms with van der Waals surface area (Å²) in [5.74, 6) is -0.518. The van der Waals surface area contributed by atoms with E-state index in [2.05, 4.69) is 12.2 Å². The number of aliphatic hydroxyl groups is 1. The molecule has 0 aliphatic carbocycles. The third-order valence-electron chi connectivity index (χ3n) is 6.45. The molecule has 206 valence electrons. The van der Waals surface area contributed by atoms with Gasteiger partial charge >= 0.3 is 5.97 Å². The number of hydrogen-bond acceptors (Lipinski definition) is 8. The lowest BCUT2D eigenvalue weighted by Gasteiger charge is -2.41. The number of carbonyl (C=O) groups excluding carboxylic acids is 2. The summed E-state index contributed by atoms with van der Waals surface area (Å²) in [4.78, 5) is 23.7. The highest BCUT2D eigenvalue weighted by molar-refractivity contribution is 7.99. The minimum atomic E-state index is -0.941. The Bertz CT molecular complexity index is 1290. The monoisotopic (exact) mass is 552 g/mol. The molecule has 0 bridgehead atoms. The summed E-state index contributed by atoms with van der Waals surface area (Å²) in [5.41, 5.74) is 2.96. The van der Waals surface area contributed by atoms with Gasteiger partial charge in [0.25, 0.3) is 10.9 Å². The molecule has 10 heteroatoms. The summed E-state index contributed by atoms with van der Waals surface area (Å²) in [6.07, 6.45) is -0.804. The van der Waals surface area contributed by atoms with Crippen molar-refractivity contribution >= 4 is 29.3 Å². The highest BCUT2D eigenvalue weighted by Crippen LogP contribution is 2.43. The Morgan fingerprint density at radius 1 is 1.10 bits per heavy atom. The van der Waals surface area contributed by atoms with Gasteiger partial charge in [-0.25, -0.2) is 0 Å². The fourth-order valence-electron chi connectivity index (χ4n) is 4.31. The molecule has 1 unspecified atom stereocenters. The van der Waals surface area contributed by atoms with Gasteiger partial charge in [0.05, 0.1) is 18.8 Å². The van der Waals surface area contributed by atoms with Crippen molar-refractivity contribution in [1.29, 1.82) is 0 Å². The van der Waals surface area contributed by atoms with Gasteiger partial charge in [0.2, 0.25) is 0 Å². The number of thioether (sulfide) groups is 1. The van der Waals surface area contributed by atoms with Crippen molar-refractivity contribution in [2.75, 3.05) is 11.1 Å². The smallest absolute Gasteiger partial charge is 0.303 e. The number of anilines is 1. The second kappa shape index (κ2) is 13.1. The quantitative estimate of drug-likeness (QED) is 0.175. The van der Waals surface area contributed by atoms with E-state index in [0.29, 0.717) is 22.0 Å². The van der Waals surface area contributed by atoms with Crippen LogP contribution in [-0.4, -0.2) is 34.9 Å². The topological polar surface area (TPSA) is 121 Å². The Morgan fingerprint density at radius 2 is 1.87 bits per heavy atom. The molecule has 39 heavy (non-hydrogen) atoms. The van der Waals surface area contributed by atoms with Crippen LogP contribution in [0.5, 0.6) is 0 Å². The van der Waals surface area contributed by atoms with Crippen LogP contribution < -0.4 is 10.0 Å². The second-order valence-corrected chi connectivity index (χ2v) is 10.4. The van der Waals surface area contributed by atoms with E-state index in [0.717, 1.165) is 15.9 Å². The van der Waals surface area contributed by atoms with Gasteiger partial charge in [0.15, 0.2) is 18.6 Å². The lowest BCUT2D eigenvalue weighted by molar-refractivity contribution is -0.645. The predicted molar refractivity (Wildman–Crippen MR) is 145 cm³/mol. The maximum absolute atomic E-state index is 12.5. The van der Waals surface area contributed by atoms with Gasteiger partial charge in [-0.05, 0) is 36.2 Å². The standard InChI is InChI=1S/C29H32N2O7S/c1-18-25(17-39-26-9-4-5-14-31(26)35)37-29(38-27(18)22-12-10-21(16-32)11-13-22)23-7-6-8-24(15-23)30-28(34)19(2)36-20(3)33/h4-15,18-19,25,27,29,32H,16-17H2,1-3H3,(H,30,34)/t18-,19-,25+,27+,29?/m0/s1. The Balaban J connectivity index is 1.57. The lowest BCUT2D eigenvalue weighted by atomic mass is 9.91. The highest BCUT2D eigenvalue weighted by atomic mass is 32.2. The molecule has 2 N–H and O–H groups in total. The summed E-state index contributed by atoms with van der Waals surface area (Å²) in [5, 5.41) is 25.0. The Labute approximate surface area is 231 Å². The zero-order valence-corrected chi connectivity index (χ0v) is 22.8. The first-order chi connectivity index (χ1) is 18.7. The third kappa shape index (κ3) is 7.36. The Hall–Kier alpha value is -3.44. The number of esters is 1. The molecule has 0 saturated carbocycles. The average molecular weight is 553 g/mol. The molecule has 1 aromatic heterocycles. The van der Waals surface area contributed by atoms with Crippen molar-refractivity contribution in [2.24, 2.45) is 5.92 Å². The van der Waals surface area contributed by atoms with Gasteiger partial charge in [0.1, 0.15) is 0 Å². The summed E-state index contributed by atoms with van der Waals surface area (Å²) in [6, 6.07) is 20.0. The molecule has 3 aromatic rings. The fraction of sp³-hybridized carbons (Fsp3) is 0.345. The first-order valence-electron chi connectivity index (χ1n) is 12.6. The van der Waals surface area contributed by atoms with Crippen LogP contribution >= 0.6 is 11.8 Å². The van der Waals surface area contributed by atoms with E-state index in [1.807, 2.05) is 36.4 Å². The van der Waals surface area contributed by atoms with Gasteiger partial charge in [-0.2, -0.15) is 4.73 Å². The van der Waals surface area contributed by atoms with Crippen LogP contribution in [0.1, 0.15) is 49.9 Å². The number of pyridine rings is 1. The summed E-state index contributed by atoms with van der Waals surface area (Å²) in [7, 11) is 0. The molecule has 9 nitrogen and oxygen atoms in total. The molecule has 0 spiro atoms. The largest absolute Gasteiger partial charge is 0.618 e. The maximum atomic E-state index is 12.5. The van der Waals surface area contributed by atoms with Crippen LogP contribution in [0.2, 0.25) is 0 Å². The van der Waals surface area contributed by atoms with E-state index >= 15 is 0 Å². The normalized spacial score (nSPS) is 21.6. The number of carbonyl (C=O) groups is 2. The number of hydrogen-bond donors (Lipinski definition) is 2. The van der Waals surface area contributed by atoms with Gasteiger partial charge in [-0.15, -0.1) is 0 Å². The van der Waals surface area contributed by atoms with E-state index in [4.69, 9.17) is 14.2 Å². The molecule has 1 aliphatic heterocycles. The molecule has 1 fully saturated rings. The number of ether oxygens (including phenoxy) is 3. The van der Waals surface area contributed by atoms with Crippen molar-refractivity contribution in [1.82, 2.24) is 0 Å². The second-order valence-electron chi connectivity index (χ2n) is 9.36. The van der Waals surface area contributed by atoms with E-state index in [1.54, 1.807) is 30.3 Å². The summed E-state index contributed by atoms with van der Waals surface area (Å²) < 4.78 is 18.7. The third-order valence-corrected chi connectivity index (χ3v) is 7.55. The maximum Gasteiger partial charge on any atom is 0.303 e.